The summed E-state index contributed by atoms with van der Waals surface area (Å²) >= 11 is 1.64. The normalized spacial score (nSPS) is 16.4. The first kappa shape index (κ1) is 13.6. The van der Waals surface area contributed by atoms with Gasteiger partial charge in [-0.3, -0.25) is 0 Å². The van der Waals surface area contributed by atoms with E-state index in [9.17, 15) is 0 Å². The molecule has 0 aliphatic heterocycles. The zero-order chi connectivity index (χ0) is 14.1. The third kappa shape index (κ3) is 2.86. The third-order valence-corrected chi connectivity index (χ3v) is 4.63. The maximum atomic E-state index is 6.32. The molecule has 1 heterocycles. The van der Waals surface area contributed by atoms with Gasteiger partial charge in [-0.1, -0.05) is 35.5 Å². The van der Waals surface area contributed by atoms with Gasteiger partial charge in [-0.25, -0.2) is 4.68 Å². The van der Waals surface area contributed by atoms with E-state index in [1.807, 2.05) is 4.68 Å². The molecule has 0 spiro atoms. The Bertz CT molecular complexity index is 605. The first-order valence-electron chi connectivity index (χ1n) is 6.88. The Morgan fingerprint density at radius 1 is 1.40 bits per heavy atom. The van der Waals surface area contributed by atoms with Crippen LogP contribution in [0.25, 0.3) is 0 Å². The molecule has 1 fully saturated rings. The molecule has 6 heteroatoms. The summed E-state index contributed by atoms with van der Waals surface area (Å²) in [6, 6.07) is 6.92. The molecule has 0 amide bonds. The van der Waals surface area contributed by atoms with Crippen molar-refractivity contribution in [1.29, 1.82) is 0 Å². The maximum Gasteiger partial charge on any atom is 0.209 e. The fourth-order valence-electron chi connectivity index (χ4n) is 2.24. The van der Waals surface area contributed by atoms with Crippen molar-refractivity contribution in [2.75, 3.05) is 5.75 Å². The molecular formula is C14H19N5S. The molecule has 20 heavy (non-hydrogen) atoms. The number of hydrogen-bond donors (Lipinski definition) is 1. The third-order valence-electron chi connectivity index (χ3n) is 3.58. The number of rotatable bonds is 5. The molecule has 0 radical (unpaired) electrons. The molecule has 1 aliphatic carbocycles. The minimum Gasteiger partial charge on any atom is -0.323 e. The Labute approximate surface area is 122 Å². The average Bonchev–Trinajstić information content (AvgIpc) is 3.18. The molecule has 1 atom stereocenters. The standard InChI is InChI=1S/C14H19N5S/c1-9-3-4-10(2)12(7-9)13(15)8-20-14-16-17-18-19(14)11-5-6-11/h3-4,7,11,13H,5-6,8,15H2,1-2H3. The molecular weight excluding hydrogens is 270 g/mol. The van der Waals surface area contributed by atoms with E-state index in [0.29, 0.717) is 6.04 Å². The number of nitrogens with zero attached hydrogens (tertiary/aromatic N) is 4. The van der Waals surface area contributed by atoms with Crippen LogP contribution in [0.1, 0.15) is 41.6 Å². The zero-order valence-electron chi connectivity index (χ0n) is 11.8. The quantitative estimate of drug-likeness (QED) is 0.856. The molecule has 1 aromatic carbocycles. The van der Waals surface area contributed by atoms with Gasteiger partial charge in [0, 0.05) is 11.8 Å². The lowest BCUT2D eigenvalue weighted by molar-refractivity contribution is 0.565. The first-order chi connectivity index (χ1) is 9.65. The summed E-state index contributed by atoms with van der Waals surface area (Å²) in [5, 5.41) is 12.8. The summed E-state index contributed by atoms with van der Waals surface area (Å²) in [5.41, 5.74) is 10.0. The predicted molar refractivity (Wildman–Crippen MR) is 79.7 cm³/mol. The summed E-state index contributed by atoms with van der Waals surface area (Å²) in [6.45, 7) is 4.20. The number of nitrogens with two attached hydrogens (primary N) is 1. The minimum atomic E-state index is 0.00394. The first-order valence-corrected chi connectivity index (χ1v) is 7.87. The van der Waals surface area contributed by atoms with Gasteiger partial charge in [-0.05, 0) is 48.2 Å². The van der Waals surface area contributed by atoms with Crippen molar-refractivity contribution >= 4 is 11.8 Å². The van der Waals surface area contributed by atoms with Crippen LogP contribution < -0.4 is 5.73 Å². The van der Waals surface area contributed by atoms with Crippen LogP contribution in [0.4, 0.5) is 0 Å². The van der Waals surface area contributed by atoms with Crippen LogP contribution >= 0.6 is 11.8 Å². The summed E-state index contributed by atoms with van der Waals surface area (Å²) < 4.78 is 1.93. The van der Waals surface area contributed by atoms with E-state index >= 15 is 0 Å². The van der Waals surface area contributed by atoms with E-state index < -0.39 is 0 Å². The Hall–Kier alpha value is -1.40. The summed E-state index contributed by atoms with van der Waals surface area (Å²) in [5.74, 6) is 0.789. The van der Waals surface area contributed by atoms with Crippen molar-refractivity contribution in [3.63, 3.8) is 0 Å². The van der Waals surface area contributed by atoms with E-state index in [0.717, 1.165) is 10.9 Å². The molecule has 2 N–H and O–H groups in total. The van der Waals surface area contributed by atoms with E-state index in [1.165, 1.54) is 29.5 Å². The van der Waals surface area contributed by atoms with Crippen LogP contribution in [-0.2, 0) is 0 Å². The molecule has 1 aromatic heterocycles. The fourth-order valence-corrected chi connectivity index (χ4v) is 3.16. The molecule has 2 aromatic rings. The van der Waals surface area contributed by atoms with Gasteiger partial charge < -0.3 is 5.73 Å². The minimum absolute atomic E-state index is 0.00394. The van der Waals surface area contributed by atoms with E-state index in [2.05, 4.69) is 47.6 Å². The molecule has 0 bridgehead atoms. The average molecular weight is 289 g/mol. The van der Waals surface area contributed by atoms with Crippen molar-refractivity contribution in [3.05, 3.63) is 34.9 Å². The topological polar surface area (TPSA) is 69.6 Å². The molecule has 1 aliphatic rings. The summed E-state index contributed by atoms with van der Waals surface area (Å²) in [4.78, 5) is 0. The predicted octanol–water partition coefficient (Wildman–Crippen LogP) is 2.42. The van der Waals surface area contributed by atoms with E-state index in [1.54, 1.807) is 11.8 Å². The van der Waals surface area contributed by atoms with Crippen LogP contribution in [0.3, 0.4) is 0 Å². The van der Waals surface area contributed by atoms with E-state index in [4.69, 9.17) is 5.73 Å². The number of benzene rings is 1. The molecule has 0 saturated heterocycles. The molecule has 1 saturated carbocycles. The second kappa shape index (κ2) is 5.54. The number of thioether (sulfide) groups is 1. The molecule has 5 nitrogen and oxygen atoms in total. The van der Waals surface area contributed by atoms with Crippen molar-refractivity contribution in [3.8, 4) is 0 Å². The van der Waals surface area contributed by atoms with Gasteiger partial charge in [-0.15, -0.1) is 5.10 Å². The summed E-state index contributed by atoms with van der Waals surface area (Å²) in [6.07, 6.45) is 2.36. The maximum absolute atomic E-state index is 6.32. The number of aryl methyl sites for hydroxylation is 2. The zero-order valence-corrected chi connectivity index (χ0v) is 12.6. The van der Waals surface area contributed by atoms with Gasteiger partial charge in [0.2, 0.25) is 5.16 Å². The highest BCUT2D eigenvalue weighted by Gasteiger charge is 2.28. The number of aromatic nitrogens is 4. The molecule has 1 unspecified atom stereocenters. The monoisotopic (exact) mass is 289 g/mol. The van der Waals surface area contributed by atoms with Gasteiger partial charge in [0.25, 0.3) is 0 Å². The van der Waals surface area contributed by atoms with Crippen molar-refractivity contribution in [2.24, 2.45) is 5.73 Å². The fraction of sp³-hybridized carbons (Fsp3) is 0.500. The van der Waals surface area contributed by atoms with Crippen LogP contribution in [0, 0.1) is 13.8 Å². The molecule has 3 rings (SSSR count). The highest BCUT2D eigenvalue weighted by Crippen LogP contribution is 2.36. The molecule has 106 valence electrons. The largest absolute Gasteiger partial charge is 0.323 e. The van der Waals surface area contributed by atoms with E-state index in [-0.39, 0.29) is 6.04 Å². The highest BCUT2D eigenvalue weighted by atomic mass is 32.2. The van der Waals surface area contributed by atoms with Gasteiger partial charge >= 0.3 is 0 Å². The van der Waals surface area contributed by atoms with Gasteiger partial charge in [0.05, 0.1) is 6.04 Å². The lowest BCUT2D eigenvalue weighted by Crippen LogP contribution is -2.15. The smallest absolute Gasteiger partial charge is 0.209 e. The highest BCUT2D eigenvalue weighted by molar-refractivity contribution is 7.99. The Morgan fingerprint density at radius 2 is 2.20 bits per heavy atom. The van der Waals surface area contributed by atoms with Gasteiger partial charge in [-0.2, -0.15) is 0 Å². The summed E-state index contributed by atoms with van der Waals surface area (Å²) in [7, 11) is 0. The van der Waals surface area contributed by atoms with Crippen LogP contribution in [0.5, 0.6) is 0 Å². The van der Waals surface area contributed by atoms with Crippen LogP contribution in [-0.4, -0.2) is 26.0 Å². The Kier molecular flexibility index (Phi) is 3.76. The van der Waals surface area contributed by atoms with Crippen LogP contribution in [0.15, 0.2) is 23.4 Å². The van der Waals surface area contributed by atoms with Crippen LogP contribution in [0.2, 0.25) is 0 Å². The van der Waals surface area contributed by atoms with Crippen molar-refractivity contribution in [1.82, 2.24) is 20.2 Å². The van der Waals surface area contributed by atoms with Crippen molar-refractivity contribution < 1.29 is 0 Å². The van der Waals surface area contributed by atoms with Gasteiger partial charge in [0.1, 0.15) is 0 Å². The lowest BCUT2D eigenvalue weighted by atomic mass is 10.0. The van der Waals surface area contributed by atoms with Crippen molar-refractivity contribution in [2.45, 2.75) is 43.9 Å². The number of hydrogen-bond acceptors (Lipinski definition) is 5. The van der Waals surface area contributed by atoms with Gasteiger partial charge in [0.15, 0.2) is 0 Å². The Balaban J connectivity index is 1.68. The SMILES string of the molecule is Cc1ccc(C)c(C(N)CSc2nnnn2C2CC2)c1. The second-order valence-corrected chi connectivity index (χ2v) is 6.40. The lowest BCUT2D eigenvalue weighted by Gasteiger charge is -2.15. The number of tetrazole rings is 1. The second-order valence-electron chi connectivity index (χ2n) is 5.41. The Morgan fingerprint density at radius 3 is 2.95 bits per heavy atom.